The Bertz CT molecular complexity index is 1190. The lowest BCUT2D eigenvalue weighted by atomic mass is 9.99. The summed E-state index contributed by atoms with van der Waals surface area (Å²) in [7, 11) is 0. The third-order valence-electron chi connectivity index (χ3n) is 5.02. The van der Waals surface area contributed by atoms with Gasteiger partial charge in [0.05, 0.1) is 21.6 Å². The molecule has 136 valence electrons. The van der Waals surface area contributed by atoms with E-state index in [1.54, 1.807) is 24.3 Å². The van der Waals surface area contributed by atoms with E-state index in [0.717, 1.165) is 21.8 Å². The maximum Gasteiger partial charge on any atom is 0.274 e. The lowest BCUT2D eigenvalue weighted by Gasteiger charge is -2.17. The van der Waals surface area contributed by atoms with E-state index in [1.165, 1.54) is 17.8 Å². The van der Waals surface area contributed by atoms with Crippen molar-refractivity contribution >= 4 is 34.6 Å². The summed E-state index contributed by atoms with van der Waals surface area (Å²) in [6.07, 6.45) is 0. The number of ketones is 1. The van der Waals surface area contributed by atoms with Crippen molar-refractivity contribution < 1.29 is 9.72 Å². The van der Waals surface area contributed by atoms with Crippen molar-refractivity contribution in [2.45, 2.75) is 10.1 Å². The van der Waals surface area contributed by atoms with Gasteiger partial charge in [0.2, 0.25) is 0 Å². The molecule has 0 unspecified atom stereocenters. The van der Waals surface area contributed by atoms with Crippen molar-refractivity contribution in [1.82, 2.24) is 0 Å². The summed E-state index contributed by atoms with van der Waals surface area (Å²) in [5, 5.41) is 14.6. The Kier molecular flexibility index (Phi) is 3.80. The minimum absolute atomic E-state index is 0.0231. The Morgan fingerprint density at radius 1 is 0.893 bits per heavy atom. The third kappa shape index (κ3) is 2.46. The van der Waals surface area contributed by atoms with Crippen molar-refractivity contribution in [3.8, 4) is 0 Å². The second-order valence-corrected chi connectivity index (χ2v) is 7.75. The number of carbonyl (C=O) groups is 1. The lowest BCUT2D eigenvalue weighted by Crippen LogP contribution is -2.09. The van der Waals surface area contributed by atoms with Crippen LogP contribution < -0.4 is 5.32 Å². The molecule has 3 aromatic rings. The van der Waals surface area contributed by atoms with Gasteiger partial charge in [-0.2, -0.15) is 0 Å². The molecule has 0 radical (unpaired) electrons. The zero-order valence-corrected chi connectivity index (χ0v) is 15.4. The number of anilines is 1. The molecule has 1 aliphatic carbocycles. The molecular formula is C22H14N2O3S. The number of hydrogen-bond acceptors (Lipinski definition) is 5. The molecule has 6 heteroatoms. The number of fused-ring (bicyclic) bond motifs is 3. The molecule has 0 spiro atoms. The number of hydrogen-bond donors (Lipinski definition) is 1. The van der Waals surface area contributed by atoms with Crippen LogP contribution in [0.3, 0.4) is 0 Å². The first-order valence-corrected chi connectivity index (χ1v) is 9.67. The second kappa shape index (κ2) is 6.35. The molecule has 0 saturated carbocycles. The Balaban J connectivity index is 1.78. The van der Waals surface area contributed by atoms with Gasteiger partial charge < -0.3 is 5.32 Å². The highest BCUT2D eigenvalue weighted by Crippen LogP contribution is 2.53. The SMILES string of the molecule is O=C1C2=C(Nc3ccccc3S[C@@H]2c2ccccc2[N+](=O)[O-])c2ccccc21. The zero-order chi connectivity index (χ0) is 19.3. The van der Waals surface area contributed by atoms with Crippen LogP contribution in [0.2, 0.25) is 0 Å². The van der Waals surface area contributed by atoms with Gasteiger partial charge in [-0.05, 0) is 12.1 Å². The Hall–Kier alpha value is -3.38. The Morgan fingerprint density at radius 3 is 2.39 bits per heavy atom. The summed E-state index contributed by atoms with van der Waals surface area (Å²) in [6.45, 7) is 0. The van der Waals surface area contributed by atoms with Crippen LogP contribution in [0.15, 0.2) is 83.3 Å². The van der Waals surface area contributed by atoms with Crippen LogP contribution in [-0.2, 0) is 0 Å². The summed E-state index contributed by atoms with van der Waals surface area (Å²) in [6, 6.07) is 21.9. The maximum atomic E-state index is 13.3. The number of benzene rings is 3. The molecule has 3 aromatic carbocycles. The number of thioether (sulfide) groups is 1. The van der Waals surface area contributed by atoms with Crippen LogP contribution in [0, 0.1) is 10.1 Å². The Morgan fingerprint density at radius 2 is 1.57 bits per heavy atom. The van der Waals surface area contributed by atoms with Gasteiger partial charge in [-0.25, -0.2) is 0 Å². The van der Waals surface area contributed by atoms with Gasteiger partial charge in [0.25, 0.3) is 5.69 Å². The maximum absolute atomic E-state index is 13.3. The average molecular weight is 386 g/mol. The van der Waals surface area contributed by atoms with E-state index < -0.39 is 5.25 Å². The van der Waals surface area contributed by atoms with Gasteiger partial charge in [-0.1, -0.05) is 54.6 Å². The van der Waals surface area contributed by atoms with Crippen molar-refractivity contribution in [2.24, 2.45) is 0 Å². The highest BCUT2D eigenvalue weighted by molar-refractivity contribution is 8.00. The molecule has 1 N–H and O–H groups in total. The van der Waals surface area contributed by atoms with E-state index in [0.29, 0.717) is 16.7 Å². The smallest absolute Gasteiger partial charge is 0.274 e. The molecule has 0 bridgehead atoms. The molecular weight excluding hydrogens is 372 g/mol. The Labute approximate surface area is 165 Å². The van der Waals surface area contributed by atoms with E-state index in [9.17, 15) is 14.9 Å². The quantitative estimate of drug-likeness (QED) is 0.468. The number of nitro benzene ring substituents is 1. The van der Waals surface area contributed by atoms with E-state index in [4.69, 9.17) is 0 Å². The van der Waals surface area contributed by atoms with E-state index in [1.807, 2.05) is 42.5 Å². The second-order valence-electron chi connectivity index (χ2n) is 6.60. The fourth-order valence-electron chi connectivity index (χ4n) is 3.78. The molecule has 2 aliphatic rings. The largest absolute Gasteiger partial charge is 0.354 e. The summed E-state index contributed by atoms with van der Waals surface area (Å²) in [5.74, 6) is -0.0819. The normalized spacial score (nSPS) is 17.3. The van der Waals surface area contributed by atoms with Gasteiger partial charge >= 0.3 is 0 Å². The number of nitro groups is 1. The van der Waals surface area contributed by atoms with Gasteiger partial charge in [-0.15, -0.1) is 11.8 Å². The summed E-state index contributed by atoms with van der Waals surface area (Å²) < 4.78 is 0. The summed E-state index contributed by atoms with van der Waals surface area (Å²) in [5.41, 5.74) is 4.22. The highest BCUT2D eigenvalue weighted by Gasteiger charge is 2.40. The number of Topliss-reactive ketones (excluding diaryl/α,β-unsaturated/α-hetero) is 1. The summed E-state index contributed by atoms with van der Waals surface area (Å²) >= 11 is 1.47. The molecule has 5 nitrogen and oxygen atoms in total. The molecule has 1 atom stereocenters. The fraction of sp³-hybridized carbons (Fsp3) is 0.0455. The van der Waals surface area contributed by atoms with Gasteiger partial charge in [-0.3, -0.25) is 14.9 Å². The minimum Gasteiger partial charge on any atom is -0.354 e. The number of nitrogens with zero attached hydrogens (tertiary/aromatic N) is 1. The zero-order valence-electron chi connectivity index (χ0n) is 14.6. The van der Waals surface area contributed by atoms with E-state index >= 15 is 0 Å². The van der Waals surface area contributed by atoms with Crippen molar-refractivity contribution in [2.75, 3.05) is 5.32 Å². The van der Waals surface area contributed by atoms with Gasteiger partial charge in [0.1, 0.15) is 0 Å². The van der Waals surface area contributed by atoms with Crippen molar-refractivity contribution in [1.29, 1.82) is 0 Å². The van der Waals surface area contributed by atoms with Gasteiger partial charge in [0, 0.05) is 33.2 Å². The number of carbonyl (C=O) groups excluding carboxylic acids is 1. The molecule has 0 fully saturated rings. The first-order valence-electron chi connectivity index (χ1n) is 8.79. The first kappa shape index (κ1) is 16.8. The minimum atomic E-state index is -0.479. The van der Waals surface area contributed by atoms with E-state index in [-0.39, 0.29) is 16.4 Å². The van der Waals surface area contributed by atoms with E-state index in [2.05, 4.69) is 5.32 Å². The molecule has 1 aliphatic heterocycles. The lowest BCUT2D eigenvalue weighted by molar-refractivity contribution is -0.385. The molecule has 0 amide bonds. The van der Waals surface area contributed by atoms with Crippen LogP contribution in [0.4, 0.5) is 11.4 Å². The molecule has 28 heavy (non-hydrogen) atoms. The molecule has 0 saturated heterocycles. The standard InChI is InChI=1S/C22H14N2O3S/c25-21-14-8-2-1-7-13(14)20-19(21)22(15-9-3-5-11-17(15)24(26)27)28-18-12-6-4-10-16(18)23-20/h1-12,22-23H/t22-/m1/s1. The monoisotopic (exact) mass is 386 g/mol. The average Bonchev–Trinajstić information content (AvgIpc) is 2.89. The van der Waals surface area contributed by atoms with Gasteiger partial charge in [0.15, 0.2) is 5.78 Å². The molecule has 5 rings (SSSR count). The highest BCUT2D eigenvalue weighted by atomic mass is 32.2. The predicted molar refractivity (Wildman–Crippen MR) is 109 cm³/mol. The number of para-hydroxylation sites is 2. The third-order valence-corrected chi connectivity index (χ3v) is 6.36. The molecule has 0 aromatic heterocycles. The number of rotatable bonds is 2. The predicted octanol–water partition coefficient (Wildman–Crippen LogP) is 5.46. The first-order chi connectivity index (χ1) is 13.6. The number of nitrogens with one attached hydrogen (secondary N) is 1. The fourth-order valence-corrected chi connectivity index (χ4v) is 5.10. The van der Waals surface area contributed by atoms with Crippen LogP contribution in [0.1, 0.15) is 26.7 Å². The van der Waals surface area contributed by atoms with Crippen LogP contribution in [-0.4, -0.2) is 10.7 Å². The summed E-state index contributed by atoms with van der Waals surface area (Å²) in [4.78, 5) is 25.6. The topological polar surface area (TPSA) is 72.2 Å². The van der Waals surface area contributed by atoms with Crippen LogP contribution >= 0.6 is 11.8 Å². The van der Waals surface area contributed by atoms with Crippen molar-refractivity contribution in [3.05, 3.63) is 105 Å². The van der Waals surface area contributed by atoms with Crippen LogP contribution in [0.25, 0.3) is 5.70 Å². The molecule has 1 heterocycles. The van der Waals surface area contributed by atoms with Crippen molar-refractivity contribution in [3.63, 3.8) is 0 Å². The van der Waals surface area contributed by atoms with Crippen LogP contribution in [0.5, 0.6) is 0 Å².